The van der Waals surface area contributed by atoms with Gasteiger partial charge in [0.2, 0.25) is 5.91 Å². The smallest absolute Gasteiger partial charge is 0.276 e. The number of aryl methyl sites for hydroxylation is 3. The Kier molecular flexibility index (Phi) is 7.10. The average Bonchev–Trinajstić information content (AvgIpc) is 3.40. The maximum absolute atomic E-state index is 13.2. The lowest BCUT2D eigenvalue weighted by molar-refractivity contribution is -0.118. The van der Waals surface area contributed by atoms with Crippen molar-refractivity contribution in [2.45, 2.75) is 40.7 Å². The van der Waals surface area contributed by atoms with Crippen molar-refractivity contribution >= 4 is 23.3 Å². The van der Waals surface area contributed by atoms with Crippen molar-refractivity contribution in [3.8, 4) is 5.69 Å². The summed E-state index contributed by atoms with van der Waals surface area (Å²) in [5.41, 5.74) is 4.45. The monoisotopic (exact) mass is 470 g/mol. The van der Waals surface area contributed by atoms with E-state index in [-0.39, 0.29) is 23.4 Å². The largest absolute Gasteiger partial charge is 0.317 e. The first-order valence-corrected chi connectivity index (χ1v) is 11.7. The number of nitrogens with zero attached hydrogens (tertiary/aromatic N) is 4. The number of carbonyl (C=O) groups excluding carboxylic acids is 2. The number of hydrogen-bond donors (Lipinski definition) is 2. The van der Waals surface area contributed by atoms with E-state index >= 15 is 0 Å². The molecule has 0 spiro atoms. The molecule has 0 bridgehead atoms. The predicted octanol–water partition coefficient (Wildman–Crippen LogP) is 4.78. The highest BCUT2D eigenvalue weighted by atomic mass is 16.2. The van der Waals surface area contributed by atoms with Crippen LogP contribution in [0.15, 0.2) is 66.7 Å². The second-order valence-corrected chi connectivity index (χ2v) is 8.76. The van der Waals surface area contributed by atoms with Crippen LogP contribution in [0.4, 0.5) is 11.5 Å². The average molecular weight is 471 g/mol. The van der Waals surface area contributed by atoms with Crippen molar-refractivity contribution < 1.29 is 9.59 Å². The van der Waals surface area contributed by atoms with E-state index in [4.69, 9.17) is 0 Å². The molecule has 180 valence electrons. The van der Waals surface area contributed by atoms with Gasteiger partial charge >= 0.3 is 0 Å². The molecule has 2 heterocycles. The lowest BCUT2D eigenvalue weighted by atomic mass is 10.1. The third-order valence-electron chi connectivity index (χ3n) is 5.79. The quantitative estimate of drug-likeness (QED) is 0.388. The molecular weight excluding hydrogens is 440 g/mol. The van der Waals surface area contributed by atoms with Crippen LogP contribution < -0.4 is 10.6 Å². The number of nitrogens with one attached hydrogen (secondary N) is 2. The van der Waals surface area contributed by atoms with Crippen LogP contribution in [0.1, 0.15) is 41.3 Å². The van der Waals surface area contributed by atoms with Gasteiger partial charge in [-0.25, -0.2) is 4.68 Å². The Bertz CT molecular complexity index is 1320. The van der Waals surface area contributed by atoms with Gasteiger partial charge in [-0.3, -0.25) is 14.3 Å². The van der Waals surface area contributed by atoms with Crippen molar-refractivity contribution in [3.05, 3.63) is 89.4 Å². The highest BCUT2D eigenvalue weighted by Crippen LogP contribution is 2.23. The molecule has 8 nitrogen and oxygen atoms in total. The van der Waals surface area contributed by atoms with E-state index in [0.29, 0.717) is 18.1 Å². The lowest BCUT2D eigenvalue weighted by Gasteiger charge is -2.10. The van der Waals surface area contributed by atoms with Gasteiger partial charge in [-0.2, -0.15) is 10.2 Å². The molecule has 2 amide bonds. The number of para-hydroxylation sites is 1. The Morgan fingerprint density at radius 1 is 0.914 bits per heavy atom. The summed E-state index contributed by atoms with van der Waals surface area (Å²) < 4.78 is 3.48. The molecule has 0 fully saturated rings. The molecule has 0 atom stereocenters. The third-order valence-corrected chi connectivity index (χ3v) is 5.79. The van der Waals surface area contributed by atoms with Gasteiger partial charge in [-0.15, -0.1) is 0 Å². The van der Waals surface area contributed by atoms with Gasteiger partial charge in [0, 0.05) is 18.5 Å². The first kappa shape index (κ1) is 23.9. The molecule has 0 unspecified atom stereocenters. The highest BCUT2D eigenvalue weighted by molar-refractivity contribution is 6.04. The topological polar surface area (TPSA) is 93.8 Å². The van der Waals surface area contributed by atoms with Gasteiger partial charge < -0.3 is 10.6 Å². The summed E-state index contributed by atoms with van der Waals surface area (Å²) in [4.78, 5) is 25.5. The number of amides is 2. The van der Waals surface area contributed by atoms with Gasteiger partial charge in [0.15, 0.2) is 5.69 Å². The predicted molar refractivity (Wildman–Crippen MR) is 137 cm³/mol. The van der Waals surface area contributed by atoms with E-state index < -0.39 is 0 Å². The van der Waals surface area contributed by atoms with Crippen LogP contribution in [0.5, 0.6) is 0 Å². The zero-order valence-corrected chi connectivity index (χ0v) is 20.4. The molecule has 0 aliphatic rings. The van der Waals surface area contributed by atoms with E-state index in [1.165, 1.54) is 5.56 Å². The first-order chi connectivity index (χ1) is 16.8. The van der Waals surface area contributed by atoms with Crippen LogP contribution in [0.25, 0.3) is 5.69 Å². The summed E-state index contributed by atoms with van der Waals surface area (Å²) in [6, 6.07) is 21.2. The minimum absolute atomic E-state index is 0.152. The number of rotatable bonds is 8. The summed E-state index contributed by atoms with van der Waals surface area (Å²) in [6.07, 6.45) is 0.844. The summed E-state index contributed by atoms with van der Waals surface area (Å²) in [5, 5.41) is 15.0. The summed E-state index contributed by atoms with van der Waals surface area (Å²) >= 11 is 0. The molecule has 8 heteroatoms. The zero-order valence-electron chi connectivity index (χ0n) is 20.4. The Balaban J connectivity index is 1.56. The van der Waals surface area contributed by atoms with Crippen molar-refractivity contribution in [1.29, 1.82) is 0 Å². The van der Waals surface area contributed by atoms with E-state index in [9.17, 15) is 9.59 Å². The number of benzene rings is 2. The van der Waals surface area contributed by atoms with Gasteiger partial charge in [0.25, 0.3) is 5.91 Å². The van der Waals surface area contributed by atoms with Crippen molar-refractivity contribution in [2.24, 2.45) is 5.92 Å². The normalized spacial score (nSPS) is 11.0. The van der Waals surface area contributed by atoms with E-state index in [2.05, 4.69) is 33.0 Å². The lowest BCUT2D eigenvalue weighted by Crippen LogP contribution is -2.19. The van der Waals surface area contributed by atoms with Gasteiger partial charge in [-0.1, -0.05) is 62.4 Å². The Labute approximate surface area is 205 Å². The van der Waals surface area contributed by atoms with Crippen LogP contribution in [-0.2, 0) is 17.8 Å². The molecule has 0 aliphatic carbocycles. The van der Waals surface area contributed by atoms with Crippen LogP contribution in [0.2, 0.25) is 0 Å². The van der Waals surface area contributed by atoms with E-state index in [1.807, 2.05) is 80.9 Å². The van der Waals surface area contributed by atoms with Crippen molar-refractivity contribution in [3.63, 3.8) is 0 Å². The Hall–Kier alpha value is -4.20. The van der Waals surface area contributed by atoms with Gasteiger partial charge in [0.1, 0.15) is 5.82 Å². The minimum atomic E-state index is -0.367. The maximum Gasteiger partial charge on any atom is 0.276 e. The van der Waals surface area contributed by atoms with Crippen LogP contribution in [0, 0.1) is 19.8 Å². The maximum atomic E-state index is 13.2. The van der Waals surface area contributed by atoms with E-state index in [0.717, 1.165) is 23.5 Å². The fourth-order valence-electron chi connectivity index (χ4n) is 3.77. The van der Waals surface area contributed by atoms with Crippen LogP contribution in [-0.4, -0.2) is 31.4 Å². The summed E-state index contributed by atoms with van der Waals surface area (Å²) in [7, 11) is 0. The fraction of sp³-hybridized carbons (Fsp3) is 0.259. The van der Waals surface area contributed by atoms with Crippen LogP contribution >= 0.6 is 0 Å². The standard InChI is InChI=1S/C27H30N6O2/c1-18(2)26(34)28-24-17-23(31-33(24)22-13-9-6-10-14-22)27(35)29-25-19(3)30-32(20(25)4)16-15-21-11-7-5-8-12-21/h5-14,17-18H,15-16H2,1-4H3,(H,28,34)(H,29,35). The molecule has 4 rings (SSSR count). The molecule has 2 N–H and O–H groups in total. The van der Waals surface area contributed by atoms with Gasteiger partial charge in [-0.05, 0) is 38.0 Å². The second-order valence-electron chi connectivity index (χ2n) is 8.76. The Morgan fingerprint density at radius 3 is 2.23 bits per heavy atom. The summed E-state index contributed by atoms with van der Waals surface area (Å²) in [6.45, 7) is 8.15. The molecule has 0 saturated carbocycles. The van der Waals surface area contributed by atoms with E-state index in [1.54, 1.807) is 10.7 Å². The van der Waals surface area contributed by atoms with Gasteiger partial charge in [0.05, 0.1) is 22.8 Å². The molecule has 35 heavy (non-hydrogen) atoms. The highest BCUT2D eigenvalue weighted by Gasteiger charge is 2.21. The molecule has 4 aromatic rings. The number of carbonyl (C=O) groups is 2. The molecule has 2 aromatic carbocycles. The third kappa shape index (κ3) is 5.48. The minimum Gasteiger partial charge on any atom is -0.317 e. The fourth-order valence-corrected chi connectivity index (χ4v) is 3.77. The number of anilines is 2. The summed E-state index contributed by atoms with van der Waals surface area (Å²) in [5.74, 6) is -0.292. The zero-order chi connectivity index (χ0) is 24.9. The molecule has 0 radical (unpaired) electrons. The molecule has 0 aliphatic heterocycles. The van der Waals surface area contributed by atoms with Crippen molar-refractivity contribution in [2.75, 3.05) is 10.6 Å². The molecule has 0 saturated heterocycles. The Morgan fingerprint density at radius 2 is 1.57 bits per heavy atom. The molecular formula is C27H30N6O2. The first-order valence-electron chi connectivity index (χ1n) is 11.7. The molecule has 2 aromatic heterocycles. The number of aromatic nitrogens is 4. The SMILES string of the molecule is Cc1nn(CCc2ccccc2)c(C)c1NC(=O)c1cc(NC(=O)C(C)C)n(-c2ccccc2)n1. The second kappa shape index (κ2) is 10.4. The van der Waals surface area contributed by atoms with Crippen LogP contribution in [0.3, 0.4) is 0 Å². The van der Waals surface area contributed by atoms with Crippen molar-refractivity contribution in [1.82, 2.24) is 19.6 Å². The number of hydrogen-bond acceptors (Lipinski definition) is 4.